The highest BCUT2D eigenvalue weighted by Crippen LogP contribution is 2.47. The molecule has 4 N–H and O–H groups in total. The number of ether oxygens (including phenoxy) is 1. The number of phenols is 2. The van der Waals surface area contributed by atoms with Crippen LogP contribution in [0.5, 0.6) is 17.2 Å². The van der Waals surface area contributed by atoms with Crippen molar-refractivity contribution in [1.29, 1.82) is 0 Å². The number of rotatable bonds is 2. The number of aromatic hydroxyl groups is 2. The lowest BCUT2D eigenvalue weighted by Gasteiger charge is -2.12. The van der Waals surface area contributed by atoms with Crippen LogP contribution in [0.2, 0.25) is 10.0 Å². The summed E-state index contributed by atoms with van der Waals surface area (Å²) in [5.41, 5.74) is 4.63. The van der Waals surface area contributed by atoms with E-state index in [-0.39, 0.29) is 16.3 Å². The van der Waals surface area contributed by atoms with E-state index >= 15 is 0 Å². The number of hydrogen-bond donors (Lipinski definition) is 3. The van der Waals surface area contributed by atoms with Crippen LogP contribution in [-0.4, -0.2) is 23.2 Å². The Morgan fingerprint density at radius 1 is 1.27 bits per heavy atom. The average Bonchev–Trinajstić information content (AvgIpc) is 2.19. The van der Waals surface area contributed by atoms with Crippen molar-refractivity contribution in [2.45, 2.75) is 0 Å². The van der Waals surface area contributed by atoms with Crippen molar-refractivity contribution in [3.05, 3.63) is 15.6 Å². The minimum absolute atomic E-state index is 0.219. The van der Waals surface area contributed by atoms with Crippen molar-refractivity contribution >= 4 is 29.1 Å². The highest BCUT2D eigenvalue weighted by Gasteiger charge is 2.25. The molecule has 0 spiro atoms. The largest absolute Gasteiger partial charge is 0.505 e. The summed E-state index contributed by atoms with van der Waals surface area (Å²) < 4.78 is 4.74. The molecule has 0 bridgehead atoms. The monoisotopic (exact) mass is 251 g/mol. The van der Waals surface area contributed by atoms with Gasteiger partial charge in [0.25, 0.3) is 5.91 Å². The topological polar surface area (TPSA) is 92.8 Å². The fraction of sp³-hybridized carbons (Fsp3) is 0.125. The minimum atomic E-state index is -0.965. The van der Waals surface area contributed by atoms with E-state index in [2.05, 4.69) is 0 Å². The molecule has 0 saturated heterocycles. The number of hydrogen-bond acceptors (Lipinski definition) is 4. The molecule has 0 aromatic heterocycles. The Kier molecular flexibility index (Phi) is 3.16. The Labute approximate surface area is 95.0 Å². The van der Waals surface area contributed by atoms with Gasteiger partial charge in [0.15, 0.2) is 17.2 Å². The standard InChI is InChI=1S/C8H7Cl2NO4/c1-15-7-2(8(11)14)5(12)3(9)6(13)4(7)10/h12-13H,1H3,(H2,11,14). The van der Waals surface area contributed by atoms with Gasteiger partial charge in [-0.2, -0.15) is 0 Å². The molecule has 7 heteroatoms. The molecule has 0 saturated carbocycles. The molecule has 0 aliphatic carbocycles. The lowest BCUT2D eigenvalue weighted by Crippen LogP contribution is -2.13. The number of methoxy groups -OCH3 is 1. The zero-order valence-electron chi connectivity index (χ0n) is 7.54. The number of phenolic OH excluding ortho intramolecular Hbond substituents is 1. The summed E-state index contributed by atoms with van der Waals surface area (Å²) in [7, 11) is 1.21. The summed E-state index contributed by atoms with van der Waals surface area (Å²) in [6.07, 6.45) is 0. The summed E-state index contributed by atoms with van der Waals surface area (Å²) in [5, 5.41) is 18.1. The predicted octanol–water partition coefficient (Wildman–Crippen LogP) is 1.51. The normalized spacial score (nSPS) is 10.1. The van der Waals surface area contributed by atoms with Gasteiger partial charge in [-0.25, -0.2) is 0 Å². The number of nitrogens with two attached hydrogens (primary N) is 1. The van der Waals surface area contributed by atoms with Crippen LogP contribution in [-0.2, 0) is 0 Å². The molecule has 1 amide bonds. The smallest absolute Gasteiger partial charge is 0.256 e. The third kappa shape index (κ3) is 1.75. The number of benzene rings is 1. The van der Waals surface area contributed by atoms with Crippen LogP contribution in [0, 0.1) is 0 Å². The molecular weight excluding hydrogens is 245 g/mol. The molecule has 82 valence electrons. The van der Waals surface area contributed by atoms with Crippen LogP contribution in [0.4, 0.5) is 0 Å². The number of amides is 1. The van der Waals surface area contributed by atoms with Gasteiger partial charge in [-0.1, -0.05) is 23.2 Å². The zero-order valence-corrected chi connectivity index (χ0v) is 9.06. The maximum atomic E-state index is 11.0. The Morgan fingerprint density at radius 2 is 1.80 bits per heavy atom. The fourth-order valence-corrected chi connectivity index (χ4v) is 1.57. The van der Waals surface area contributed by atoms with Gasteiger partial charge in [0.05, 0.1) is 7.11 Å². The van der Waals surface area contributed by atoms with Crippen molar-refractivity contribution < 1.29 is 19.7 Å². The molecule has 15 heavy (non-hydrogen) atoms. The Morgan fingerprint density at radius 3 is 2.20 bits per heavy atom. The van der Waals surface area contributed by atoms with Crippen molar-refractivity contribution in [3.63, 3.8) is 0 Å². The van der Waals surface area contributed by atoms with Crippen LogP contribution in [0.25, 0.3) is 0 Å². The fourth-order valence-electron chi connectivity index (χ4n) is 1.06. The molecule has 0 aliphatic rings. The lowest BCUT2D eigenvalue weighted by atomic mass is 10.1. The van der Waals surface area contributed by atoms with Gasteiger partial charge in [-0.05, 0) is 0 Å². The second-order valence-corrected chi connectivity index (χ2v) is 3.35. The summed E-state index contributed by atoms with van der Waals surface area (Å²) in [4.78, 5) is 11.0. The predicted molar refractivity (Wildman–Crippen MR) is 54.9 cm³/mol. The highest BCUT2D eigenvalue weighted by molar-refractivity contribution is 6.40. The molecule has 5 nitrogen and oxygen atoms in total. The van der Waals surface area contributed by atoms with E-state index in [4.69, 9.17) is 33.7 Å². The van der Waals surface area contributed by atoms with E-state index in [0.29, 0.717) is 0 Å². The van der Waals surface area contributed by atoms with E-state index in [9.17, 15) is 15.0 Å². The van der Waals surface area contributed by atoms with Crippen molar-refractivity contribution in [3.8, 4) is 17.2 Å². The van der Waals surface area contributed by atoms with Gasteiger partial charge in [0.1, 0.15) is 15.6 Å². The molecule has 1 aromatic rings. The number of carbonyl (C=O) groups is 1. The molecule has 0 heterocycles. The zero-order chi connectivity index (χ0) is 11.7. The van der Waals surface area contributed by atoms with Crippen molar-refractivity contribution in [2.75, 3.05) is 7.11 Å². The van der Waals surface area contributed by atoms with E-state index in [1.54, 1.807) is 0 Å². The summed E-state index contributed by atoms with van der Waals surface area (Å²) >= 11 is 11.2. The van der Waals surface area contributed by atoms with Gasteiger partial charge in [-0.15, -0.1) is 0 Å². The second-order valence-electron chi connectivity index (χ2n) is 2.60. The number of carbonyl (C=O) groups excluding carboxylic acids is 1. The molecule has 0 aliphatic heterocycles. The first-order chi connectivity index (χ1) is 6.91. The van der Waals surface area contributed by atoms with Crippen LogP contribution in [0.1, 0.15) is 10.4 Å². The van der Waals surface area contributed by atoms with E-state index in [1.807, 2.05) is 0 Å². The summed E-state index contributed by atoms with van der Waals surface area (Å²) in [6, 6.07) is 0. The summed E-state index contributed by atoms with van der Waals surface area (Å²) in [5.74, 6) is -2.42. The quantitative estimate of drug-likeness (QED) is 0.743. The summed E-state index contributed by atoms with van der Waals surface area (Å²) in [6.45, 7) is 0. The van der Waals surface area contributed by atoms with Crippen LogP contribution in [0.15, 0.2) is 0 Å². The van der Waals surface area contributed by atoms with Gasteiger partial charge in [-0.3, -0.25) is 4.79 Å². The van der Waals surface area contributed by atoms with Gasteiger partial charge in [0.2, 0.25) is 0 Å². The first kappa shape index (κ1) is 11.7. The number of halogens is 2. The van der Waals surface area contributed by atoms with Crippen LogP contribution < -0.4 is 10.5 Å². The van der Waals surface area contributed by atoms with Crippen molar-refractivity contribution in [2.24, 2.45) is 5.73 Å². The van der Waals surface area contributed by atoms with E-state index < -0.39 is 22.4 Å². The molecule has 0 atom stereocenters. The Hall–Kier alpha value is -1.33. The highest BCUT2D eigenvalue weighted by atomic mass is 35.5. The molecule has 1 aromatic carbocycles. The maximum absolute atomic E-state index is 11.0. The molecule has 0 unspecified atom stereocenters. The first-order valence-corrected chi connectivity index (χ1v) is 4.44. The molecular formula is C8H7Cl2NO4. The van der Waals surface area contributed by atoms with E-state index in [1.165, 1.54) is 7.11 Å². The van der Waals surface area contributed by atoms with Gasteiger partial charge < -0.3 is 20.7 Å². The third-order valence-electron chi connectivity index (χ3n) is 1.74. The first-order valence-electron chi connectivity index (χ1n) is 3.68. The average molecular weight is 252 g/mol. The molecule has 1 rings (SSSR count). The SMILES string of the molecule is COc1c(Cl)c(O)c(Cl)c(O)c1C(N)=O. The Balaban J connectivity index is 3.70. The van der Waals surface area contributed by atoms with Crippen LogP contribution >= 0.6 is 23.2 Å². The number of primary amides is 1. The molecule has 0 fully saturated rings. The van der Waals surface area contributed by atoms with Gasteiger partial charge >= 0.3 is 0 Å². The Bertz CT molecular complexity index is 433. The van der Waals surface area contributed by atoms with Crippen molar-refractivity contribution in [1.82, 2.24) is 0 Å². The maximum Gasteiger partial charge on any atom is 0.256 e. The van der Waals surface area contributed by atoms with Gasteiger partial charge in [0, 0.05) is 0 Å². The third-order valence-corrected chi connectivity index (χ3v) is 2.45. The van der Waals surface area contributed by atoms with E-state index in [0.717, 1.165) is 0 Å². The van der Waals surface area contributed by atoms with Crippen LogP contribution in [0.3, 0.4) is 0 Å². The lowest BCUT2D eigenvalue weighted by molar-refractivity contribution is 0.0994. The minimum Gasteiger partial charge on any atom is -0.505 e. The second kappa shape index (κ2) is 4.04. The molecule has 0 radical (unpaired) electrons.